The van der Waals surface area contributed by atoms with Gasteiger partial charge in [-0.15, -0.1) is 0 Å². The minimum Gasteiger partial charge on any atom is -0.303 e. The number of benzene rings is 2. The summed E-state index contributed by atoms with van der Waals surface area (Å²) in [5.74, 6) is 0. The Morgan fingerprint density at radius 3 is 2.65 bits per heavy atom. The Balaban J connectivity index is 1.75. The largest absolute Gasteiger partial charge is 0.303 e. The SMILES string of the molecule is Cc1ccc(C(C)NC2CCc3cc(Br)ccc32)cc1. The van der Waals surface area contributed by atoms with Crippen molar-refractivity contribution in [1.29, 1.82) is 0 Å². The number of halogens is 1. The molecule has 0 radical (unpaired) electrons. The summed E-state index contributed by atoms with van der Waals surface area (Å²) in [6.07, 6.45) is 2.37. The maximum atomic E-state index is 3.77. The second kappa shape index (κ2) is 5.71. The van der Waals surface area contributed by atoms with E-state index in [2.05, 4.69) is 77.6 Å². The van der Waals surface area contributed by atoms with Crippen molar-refractivity contribution in [1.82, 2.24) is 5.32 Å². The summed E-state index contributed by atoms with van der Waals surface area (Å²) in [4.78, 5) is 0. The highest BCUT2D eigenvalue weighted by atomic mass is 79.9. The van der Waals surface area contributed by atoms with Gasteiger partial charge >= 0.3 is 0 Å². The van der Waals surface area contributed by atoms with E-state index in [0.717, 1.165) is 0 Å². The van der Waals surface area contributed by atoms with Gasteiger partial charge < -0.3 is 5.32 Å². The first kappa shape index (κ1) is 13.8. The molecule has 20 heavy (non-hydrogen) atoms. The van der Waals surface area contributed by atoms with Crippen LogP contribution in [0.15, 0.2) is 46.9 Å². The molecule has 0 spiro atoms. The fourth-order valence-corrected chi connectivity index (χ4v) is 3.42. The quantitative estimate of drug-likeness (QED) is 0.826. The number of rotatable bonds is 3. The highest BCUT2D eigenvalue weighted by Crippen LogP contribution is 2.34. The Bertz CT molecular complexity index is 603. The van der Waals surface area contributed by atoms with E-state index in [1.54, 1.807) is 0 Å². The minimum absolute atomic E-state index is 0.384. The van der Waals surface area contributed by atoms with Gasteiger partial charge in [-0.25, -0.2) is 0 Å². The summed E-state index contributed by atoms with van der Waals surface area (Å²) >= 11 is 3.56. The van der Waals surface area contributed by atoms with E-state index in [0.29, 0.717) is 12.1 Å². The first-order valence-corrected chi connectivity index (χ1v) is 8.04. The number of aryl methyl sites for hydroxylation is 2. The van der Waals surface area contributed by atoms with Gasteiger partial charge in [0.2, 0.25) is 0 Å². The second-order valence-electron chi connectivity index (χ2n) is 5.73. The average molecular weight is 330 g/mol. The molecule has 0 aromatic heterocycles. The molecule has 1 nitrogen and oxygen atoms in total. The summed E-state index contributed by atoms with van der Waals surface area (Å²) in [6.45, 7) is 4.38. The van der Waals surface area contributed by atoms with Gasteiger partial charge in [0.1, 0.15) is 0 Å². The van der Waals surface area contributed by atoms with Crippen molar-refractivity contribution in [3.05, 3.63) is 69.2 Å². The van der Waals surface area contributed by atoms with Crippen LogP contribution in [0.1, 0.15) is 47.7 Å². The lowest BCUT2D eigenvalue weighted by molar-refractivity contribution is 0.465. The third kappa shape index (κ3) is 2.82. The van der Waals surface area contributed by atoms with Gasteiger partial charge in [0.15, 0.2) is 0 Å². The van der Waals surface area contributed by atoms with Crippen LogP contribution in [0.3, 0.4) is 0 Å². The molecule has 2 aromatic carbocycles. The standard InChI is InChI=1S/C18H20BrN/c1-12-3-5-14(6-4-12)13(2)20-18-10-7-15-11-16(19)8-9-17(15)18/h3-6,8-9,11,13,18,20H,7,10H2,1-2H3. The van der Waals surface area contributed by atoms with Crippen molar-refractivity contribution in [3.8, 4) is 0 Å². The van der Waals surface area contributed by atoms with Crippen LogP contribution >= 0.6 is 15.9 Å². The zero-order chi connectivity index (χ0) is 14.1. The number of fused-ring (bicyclic) bond motifs is 1. The number of hydrogen-bond donors (Lipinski definition) is 1. The summed E-state index contributed by atoms with van der Waals surface area (Å²) < 4.78 is 1.18. The van der Waals surface area contributed by atoms with Crippen LogP contribution in [-0.2, 0) is 6.42 Å². The molecule has 2 aromatic rings. The van der Waals surface area contributed by atoms with Crippen molar-refractivity contribution in [2.45, 2.75) is 38.8 Å². The molecule has 2 atom stereocenters. The zero-order valence-electron chi connectivity index (χ0n) is 12.0. The van der Waals surface area contributed by atoms with E-state index in [4.69, 9.17) is 0 Å². The van der Waals surface area contributed by atoms with Gasteiger partial charge in [-0.2, -0.15) is 0 Å². The predicted molar refractivity (Wildman–Crippen MR) is 87.9 cm³/mol. The first-order valence-electron chi connectivity index (χ1n) is 7.24. The third-order valence-electron chi connectivity index (χ3n) is 4.21. The molecule has 1 aliphatic carbocycles. The molecular weight excluding hydrogens is 310 g/mol. The lowest BCUT2D eigenvalue weighted by Crippen LogP contribution is -2.22. The van der Waals surface area contributed by atoms with Crippen LogP contribution in [0.2, 0.25) is 0 Å². The Labute approximate surface area is 129 Å². The van der Waals surface area contributed by atoms with Gasteiger partial charge in [0, 0.05) is 16.6 Å². The highest BCUT2D eigenvalue weighted by Gasteiger charge is 2.23. The van der Waals surface area contributed by atoms with Crippen LogP contribution < -0.4 is 5.32 Å². The number of hydrogen-bond acceptors (Lipinski definition) is 1. The maximum Gasteiger partial charge on any atom is 0.0331 e. The summed E-state index contributed by atoms with van der Waals surface area (Å²) in [5, 5.41) is 3.77. The molecule has 3 rings (SSSR count). The molecule has 0 heterocycles. The molecule has 1 aliphatic rings. The smallest absolute Gasteiger partial charge is 0.0331 e. The minimum atomic E-state index is 0.384. The molecule has 0 saturated heterocycles. The first-order chi connectivity index (χ1) is 9.63. The van der Waals surface area contributed by atoms with Crippen molar-refractivity contribution >= 4 is 15.9 Å². The Morgan fingerprint density at radius 1 is 1.15 bits per heavy atom. The Kier molecular flexibility index (Phi) is 3.95. The number of nitrogens with one attached hydrogen (secondary N) is 1. The molecule has 0 saturated carbocycles. The van der Waals surface area contributed by atoms with E-state index >= 15 is 0 Å². The van der Waals surface area contributed by atoms with Crippen molar-refractivity contribution in [2.24, 2.45) is 0 Å². The molecule has 2 heteroatoms. The Morgan fingerprint density at radius 2 is 1.90 bits per heavy atom. The molecule has 0 bridgehead atoms. The Hall–Kier alpha value is -1.12. The molecule has 0 aliphatic heterocycles. The van der Waals surface area contributed by atoms with Crippen LogP contribution in [0, 0.1) is 6.92 Å². The monoisotopic (exact) mass is 329 g/mol. The van der Waals surface area contributed by atoms with Crippen LogP contribution in [-0.4, -0.2) is 0 Å². The lowest BCUT2D eigenvalue weighted by Gasteiger charge is -2.21. The van der Waals surface area contributed by atoms with E-state index in [-0.39, 0.29) is 0 Å². The van der Waals surface area contributed by atoms with Gasteiger partial charge in [-0.05, 0) is 55.5 Å². The van der Waals surface area contributed by atoms with Crippen molar-refractivity contribution in [3.63, 3.8) is 0 Å². The molecule has 0 amide bonds. The molecule has 2 unspecified atom stereocenters. The normalized spacial score (nSPS) is 18.9. The topological polar surface area (TPSA) is 12.0 Å². The predicted octanol–water partition coefficient (Wildman–Crippen LogP) is 5.10. The van der Waals surface area contributed by atoms with E-state index < -0.39 is 0 Å². The van der Waals surface area contributed by atoms with E-state index in [1.807, 2.05) is 0 Å². The fraction of sp³-hybridized carbons (Fsp3) is 0.333. The zero-order valence-corrected chi connectivity index (χ0v) is 13.6. The summed E-state index contributed by atoms with van der Waals surface area (Å²) in [5.41, 5.74) is 5.62. The second-order valence-corrected chi connectivity index (χ2v) is 6.65. The van der Waals surface area contributed by atoms with Gasteiger partial charge in [-0.3, -0.25) is 0 Å². The van der Waals surface area contributed by atoms with Crippen LogP contribution in [0.4, 0.5) is 0 Å². The fourth-order valence-electron chi connectivity index (χ4n) is 3.01. The van der Waals surface area contributed by atoms with E-state index in [1.165, 1.54) is 39.6 Å². The van der Waals surface area contributed by atoms with Crippen LogP contribution in [0.25, 0.3) is 0 Å². The third-order valence-corrected chi connectivity index (χ3v) is 4.70. The highest BCUT2D eigenvalue weighted by molar-refractivity contribution is 9.10. The summed E-state index contributed by atoms with van der Waals surface area (Å²) in [7, 11) is 0. The van der Waals surface area contributed by atoms with Gasteiger partial charge in [-0.1, -0.05) is 51.8 Å². The summed E-state index contributed by atoms with van der Waals surface area (Å²) in [6, 6.07) is 16.4. The van der Waals surface area contributed by atoms with Crippen molar-refractivity contribution in [2.75, 3.05) is 0 Å². The van der Waals surface area contributed by atoms with Gasteiger partial charge in [0.05, 0.1) is 0 Å². The average Bonchev–Trinajstić information content (AvgIpc) is 2.81. The molecular formula is C18H20BrN. The maximum absolute atomic E-state index is 3.77. The van der Waals surface area contributed by atoms with E-state index in [9.17, 15) is 0 Å². The molecule has 104 valence electrons. The van der Waals surface area contributed by atoms with Crippen molar-refractivity contribution < 1.29 is 0 Å². The van der Waals surface area contributed by atoms with Crippen LogP contribution in [0.5, 0.6) is 0 Å². The lowest BCUT2D eigenvalue weighted by atomic mass is 10.0. The molecule has 0 fully saturated rings. The van der Waals surface area contributed by atoms with Gasteiger partial charge in [0.25, 0.3) is 0 Å². The molecule has 1 N–H and O–H groups in total.